The monoisotopic (exact) mass is 382 g/mol. The van der Waals surface area contributed by atoms with E-state index in [0.717, 1.165) is 5.65 Å². The van der Waals surface area contributed by atoms with Gasteiger partial charge in [0.1, 0.15) is 0 Å². The minimum atomic E-state index is -0.285. The van der Waals surface area contributed by atoms with Crippen molar-refractivity contribution in [1.82, 2.24) is 19.9 Å². The third-order valence-corrected chi connectivity index (χ3v) is 4.38. The second-order valence-corrected chi connectivity index (χ2v) is 6.71. The normalized spacial score (nSPS) is 12.2. The number of carbonyl (C=O) groups excluding carboxylic acids is 1. The zero-order valence-corrected chi connectivity index (χ0v) is 16.7. The lowest BCUT2D eigenvalue weighted by atomic mass is 10.0. The van der Waals surface area contributed by atoms with E-state index in [4.69, 9.17) is 9.47 Å². The summed E-state index contributed by atoms with van der Waals surface area (Å²) >= 11 is 0. The molecule has 2 heterocycles. The van der Waals surface area contributed by atoms with E-state index in [1.807, 2.05) is 56.5 Å². The molecule has 0 radical (unpaired) electrons. The number of rotatable bonds is 8. The van der Waals surface area contributed by atoms with E-state index in [1.54, 1.807) is 18.2 Å². The van der Waals surface area contributed by atoms with Gasteiger partial charge in [-0.1, -0.05) is 19.9 Å². The van der Waals surface area contributed by atoms with Crippen molar-refractivity contribution < 1.29 is 14.3 Å². The van der Waals surface area contributed by atoms with E-state index < -0.39 is 0 Å². The maximum absolute atomic E-state index is 13.0. The third-order valence-electron chi connectivity index (χ3n) is 4.38. The Morgan fingerprint density at radius 1 is 1.07 bits per heavy atom. The number of amides is 1. The Kier molecular flexibility index (Phi) is 6.13. The number of fused-ring (bicyclic) bond motifs is 1. The second-order valence-electron chi connectivity index (χ2n) is 6.71. The van der Waals surface area contributed by atoms with E-state index in [2.05, 4.69) is 15.5 Å². The summed E-state index contributed by atoms with van der Waals surface area (Å²) in [6.45, 7) is 8.91. The summed E-state index contributed by atoms with van der Waals surface area (Å²) in [4.78, 5) is 13.0. The molecule has 7 heteroatoms. The van der Waals surface area contributed by atoms with Crippen molar-refractivity contribution in [3.05, 3.63) is 54.0 Å². The molecule has 0 saturated heterocycles. The molecular formula is C21H26N4O3. The first-order valence-electron chi connectivity index (χ1n) is 9.55. The van der Waals surface area contributed by atoms with Crippen LogP contribution in [0.15, 0.2) is 42.6 Å². The maximum atomic E-state index is 13.0. The number of ether oxygens (including phenoxy) is 2. The summed E-state index contributed by atoms with van der Waals surface area (Å²) in [7, 11) is 0. The number of carbonyl (C=O) groups is 1. The lowest BCUT2D eigenvalue weighted by Crippen LogP contribution is -2.33. The van der Waals surface area contributed by atoms with E-state index >= 15 is 0 Å². The molecule has 2 aromatic heterocycles. The number of nitrogens with one attached hydrogen (secondary N) is 1. The van der Waals surface area contributed by atoms with Crippen molar-refractivity contribution in [3.8, 4) is 11.5 Å². The molecule has 1 amide bonds. The average Bonchev–Trinajstić information content (AvgIpc) is 3.11. The fourth-order valence-corrected chi connectivity index (χ4v) is 3.02. The quantitative estimate of drug-likeness (QED) is 0.643. The van der Waals surface area contributed by atoms with Gasteiger partial charge in [-0.05, 0) is 50.1 Å². The number of benzene rings is 1. The van der Waals surface area contributed by atoms with Crippen LogP contribution >= 0.6 is 0 Å². The van der Waals surface area contributed by atoms with Crippen LogP contribution in [0.3, 0.4) is 0 Å². The summed E-state index contributed by atoms with van der Waals surface area (Å²) in [5, 5.41) is 11.6. The molecular weight excluding hydrogens is 356 g/mol. The molecule has 0 unspecified atom stereocenters. The number of nitrogens with zero attached hydrogens (tertiary/aromatic N) is 3. The predicted molar refractivity (Wildman–Crippen MR) is 107 cm³/mol. The van der Waals surface area contributed by atoms with Gasteiger partial charge < -0.3 is 14.8 Å². The van der Waals surface area contributed by atoms with Crippen molar-refractivity contribution in [1.29, 1.82) is 0 Å². The van der Waals surface area contributed by atoms with Gasteiger partial charge in [-0.3, -0.25) is 9.20 Å². The number of pyridine rings is 1. The molecule has 0 aliphatic heterocycles. The van der Waals surface area contributed by atoms with Crippen LogP contribution in [0.5, 0.6) is 11.5 Å². The minimum absolute atomic E-state index is 0.130. The van der Waals surface area contributed by atoms with Gasteiger partial charge in [-0.15, -0.1) is 10.2 Å². The first-order valence-corrected chi connectivity index (χ1v) is 9.55. The fourth-order valence-electron chi connectivity index (χ4n) is 3.02. The van der Waals surface area contributed by atoms with Crippen LogP contribution in [0.4, 0.5) is 0 Å². The fraction of sp³-hybridized carbons (Fsp3) is 0.381. The molecule has 7 nitrogen and oxygen atoms in total. The molecule has 1 aromatic carbocycles. The van der Waals surface area contributed by atoms with Crippen molar-refractivity contribution in [2.45, 2.75) is 33.7 Å². The summed E-state index contributed by atoms with van der Waals surface area (Å²) in [6, 6.07) is 10.6. The highest BCUT2D eigenvalue weighted by atomic mass is 16.5. The van der Waals surface area contributed by atoms with Gasteiger partial charge in [-0.2, -0.15) is 0 Å². The highest BCUT2D eigenvalue weighted by Crippen LogP contribution is 2.29. The van der Waals surface area contributed by atoms with Gasteiger partial charge in [0, 0.05) is 11.8 Å². The van der Waals surface area contributed by atoms with Crippen LogP contribution in [0.25, 0.3) is 5.65 Å². The van der Waals surface area contributed by atoms with Gasteiger partial charge in [0.2, 0.25) is 0 Å². The zero-order chi connectivity index (χ0) is 20.1. The van der Waals surface area contributed by atoms with Crippen molar-refractivity contribution in [2.24, 2.45) is 5.92 Å². The Labute approximate surface area is 164 Å². The Morgan fingerprint density at radius 2 is 1.82 bits per heavy atom. The summed E-state index contributed by atoms with van der Waals surface area (Å²) in [6.07, 6.45) is 1.90. The molecule has 0 aliphatic carbocycles. The first-order chi connectivity index (χ1) is 13.5. The summed E-state index contributed by atoms with van der Waals surface area (Å²) < 4.78 is 13.1. The van der Waals surface area contributed by atoms with E-state index in [0.29, 0.717) is 36.1 Å². The molecule has 1 atom stereocenters. The van der Waals surface area contributed by atoms with Crippen LogP contribution in [-0.2, 0) is 0 Å². The van der Waals surface area contributed by atoms with Crippen LogP contribution < -0.4 is 14.8 Å². The van der Waals surface area contributed by atoms with Crippen LogP contribution in [0.1, 0.15) is 49.9 Å². The second kappa shape index (κ2) is 8.73. The highest BCUT2D eigenvalue weighted by Gasteiger charge is 2.24. The van der Waals surface area contributed by atoms with Gasteiger partial charge >= 0.3 is 0 Å². The molecule has 0 spiro atoms. The van der Waals surface area contributed by atoms with Gasteiger partial charge in [-0.25, -0.2) is 0 Å². The van der Waals surface area contributed by atoms with Gasteiger partial charge in [0.05, 0.1) is 19.3 Å². The standard InChI is InChI=1S/C21H26N4O3/c1-5-27-16-11-10-15(13-17(16)28-6-2)21(26)22-19(14(3)4)20-24-23-18-9-7-8-12-25(18)20/h7-14,19H,5-6H2,1-4H3,(H,22,26)/t19-/m0/s1. The molecule has 3 rings (SSSR count). The molecule has 0 saturated carbocycles. The topological polar surface area (TPSA) is 77.8 Å². The molecule has 0 bridgehead atoms. The SMILES string of the molecule is CCOc1ccc(C(=O)N[C@H](c2nnc3ccccn23)C(C)C)cc1OCC. The molecule has 1 N–H and O–H groups in total. The van der Waals surface area contributed by atoms with Crippen molar-refractivity contribution in [3.63, 3.8) is 0 Å². The molecule has 3 aromatic rings. The maximum Gasteiger partial charge on any atom is 0.252 e. The van der Waals surface area contributed by atoms with Gasteiger partial charge in [0.25, 0.3) is 5.91 Å². The predicted octanol–water partition coefficient (Wildman–Crippen LogP) is 3.65. The Bertz CT molecular complexity index is 952. The smallest absolute Gasteiger partial charge is 0.252 e. The molecule has 0 aliphatic rings. The van der Waals surface area contributed by atoms with E-state index in [9.17, 15) is 4.79 Å². The molecule has 148 valence electrons. The minimum Gasteiger partial charge on any atom is -0.490 e. The number of hydrogen-bond acceptors (Lipinski definition) is 5. The van der Waals surface area contributed by atoms with E-state index in [1.165, 1.54) is 0 Å². The first kappa shape index (κ1) is 19.7. The summed E-state index contributed by atoms with van der Waals surface area (Å²) in [5.74, 6) is 1.83. The zero-order valence-electron chi connectivity index (χ0n) is 16.7. The third kappa shape index (κ3) is 4.08. The Hall–Kier alpha value is -3.09. The lowest BCUT2D eigenvalue weighted by molar-refractivity contribution is 0.0922. The number of hydrogen-bond donors (Lipinski definition) is 1. The van der Waals surface area contributed by atoms with Crippen LogP contribution in [0.2, 0.25) is 0 Å². The largest absolute Gasteiger partial charge is 0.490 e. The van der Waals surface area contributed by atoms with Crippen molar-refractivity contribution >= 4 is 11.6 Å². The molecule has 0 fully saturated rings. The van der Waals surface area contributed by atoms with E-state index in [-0.39, 0.29) is 17.9 Å². The lowest BCUT2D eigenvalue weighted by Gasteiger charge is -2.21. The number of aromatic nitrogens is 3. The van der Waals surface area contributed by atoms with Crippen LogP contribution in [0, 0.1) is 5.92 Å². The highest BCUT2D eigenvalue weighted by molar-refractivity contribution is 5.95. The summed E-state index contributed by atoms with van der Waals surface area (Å²) in [5.41, 5.74) is 1.25. The van der Waals surface area contributed by atoms with Gasteiger partial charge in [0.15, 0.2) is 23.0 Å². The average molecular weight is 382 g/mol. The Balaban J connectivity index is 1.88. The Morgan fingerprint density at radius 3 is 2.54 bits per heavy atom. The van der Waals surface area contributed by atoms with Crippen molar-refractivity contribution in [2.75, 3.05) is 13.2 Å². The molecule has 28 heavy (non-hydrogen) atoms. The van der Waals surface area contributed by atoms with Crippen LogP contribution in [-0.4, -0.2) is 33.7 Å².